The Kier molecular flexibility index (Phi) is 4.94. The van der Waals surface area contributed by atoms with Crippen LogP contribution in [0.5, 0.6) is 0 Å². The lowest BCUT2D eigenvalue weighted by Gasteiger charge is -2.14. The number of aliphatic hydroxyl groups excluding tert-OH is 1. The van der Waals surface area contributed by atoms with Gasteiger partial charge in [-0.25, -0.2) is 4.39 Å². The van der Waals surface area contributed by atoms with Crippen molar-refractivity contribution >= 4 is 17.5 Å². The van der Waals surface area contributed by atoms with E-state index in [9.17, 15) is 14.3 Å². The number of carbonyl (C=O) groups excluding carboxylic acids is 1. The number of aryl methyl sites for hydroxylation is 1. The molecule has 0 saturated heterocycles. The monoisotopic (exact) mass is 307 g/mol. The minimum absolute atomic E-state index is 0.0397. The van der Waals surface area contributed by atoms with Gasteiger partial charge in [-0.3, -0.25) is 4.79 Å². The molecule has 0 radical (unpaired) electrons. The van der Waals surface area contributed by atoms with Crippen LogP contribution in [0.4, 0.5) is 4.39 Å². The van der Waals surface area contributed by atoms with Gasteiger partial charge in [-0.05, 0) is 36.2 Å². The SMILES string of the molecule is Cc1ccccc1C(O)CNC(=O)c1ccc(F)cc1Cl. The second-order valence-electron chi connectivity index (χ2n) is 4.71. The van der Waals surface area contributed by atoms with Gasteiger partial charge in [-0.1, -0.05) is 35.9 Å². The number of carbonyl (C=O) groups is 1. The van der Waals surface area contributed by atoms with Crippen LogP contribution in [0, 0.1) is 12.7 Å². The normalized spacial score (nSPS) is 12.0. The summed E-state index contributed by atoms with van der Waals surface area (Å²) >= 11 is 5.82. The van der Waals surface area contributed by atoms with Crippen LogP contribution < -0.4 is 5.32 Å². The van der Waals surface area contributed by atoms with Gasteiger partial charge in [0.2, 0.25) is 0 Å². The lowest BCUT2D eigenvalue weighted by atomic mass is 10.0. The fraction of sp³-hybridized carbons (Fsp3) is 0.188. The van der Waals surface area contributed by atoms with E-state index >= 15 is 0 Å². The standard InChI is InChI=1S/C16H15ClFNO2/c1-10-4-2-3-5-12(10)15(20)9-19-16(21)13-7-6-11(18)8-14(13)17/h2-8,15,20H,9H2,1H3,(H,19,21). The van der Waals surface area contributed by atoms with Gasteiger partial charge in [0.1, 0.15) is 5.82 Å². The summed E-state index contributed by atoms with van der Waals surface area (Å²) in [5, 5.41) is 12.7. The molecule has 1 unspecified atom stereocenters. The third kappa shape index (κ3) is 3.80. The zero-order valence-electron chi connectivity index (χ0n) is 11.4. The maximum absolute atomic E-state index is 12.9. The molecule has 2 rings (SSSR count). The second kappa shape index (κ2) is 6.70. The van der Waals surface area contributed by atoms with E-state index in [1.807, 2.05) is 25.1 Å². The van der Waals surface area contributed by atoms with Crippen LogP contribution in [0.1, 0.15) is 27.6 Å². The fourth-order valence-corrected chi connectivity index (χ4v) is 2.28. The van der Waals surface area contributed by atoms with Crippen LogP contribution in [0.15, 0.2) is 42.5 Å². The largest absolute Gasteiger partial charge is 0.387 e. The summed E-state index contributed by atoms with van der Waals surface area (Å²) in [5.74, 6) is -0.955. The van der Waals surface area contributed by atoms with E-state index < -0.39 is 17.8 Å². The first-order chi connectivity index (χ1) is 9.99. The summed E-state index contributed by atoms with van der Waals surface area (Å²) in [5.41, 5.74) is 1.87. The number of hydrogen-bond donors (Lipinski definition) is 2. The Morgan fingerprint density at radius 2 is 2.05 bits per heavy atom. The second-order valence-corrected chi connectivity index (χ2v) is 5.11. The number of benzene rings is 2. The van der Waals surface area contributed by atoms with Crippen molar-refractivity contribution in [2.24, 2.45) is 0 Å². The van der Waals surface area contributed by atoms with Gasteiger partial charge >= 0.3 is 0 Å². The highest BCUT2D eigenvalue weighted by Gasteiger charge is 2.14. The minimum atomic E-state index is -0.811. The van der Waals surface area contributed by atoms with Crippen molar-refractivity contribution in [1.29, 1.82) is 0 Å². The third-order valence-electron chi connectivity index (χ3n) is 3.18. The fourth-order valence-electron chi connectivity index (χ4n) is 2.03. The Hall–Kier alpha value is -1.91. The quantitative estimate of drug-likeness (QED) is 0.911. The summed E-state index contributed by atoms with van der Waals surface area (Å²) in [7, 11) is 0. The molecule has 2 aromatic rings. The molecular formula is C16H15ClFNO2. The Morgan fingerprint density at radius 1 is 1.33 bits per heavy atom. The van der Waals surface area contributed by atoms with Crippen LogP contribution in [0.2, 0.25) is 5.02 Å². The molecule has 0 aliphatic heterocycles. The Labute approximate surface area is 127 Å². The molecule has 1 amide bonds. The molecule has 0 spiro atoms. The molecule has 0 bridgehead atoms. The summed E-state index contributed by atoms with van der Waals surface area (Å²) in [6.07, 6.45) is -0.811. The van der Waals surface area contributed by atoms with Crippen molar-refractivity contribution in [3.05, 3.63) is 70.0 Å². The Bertz CT molecular complexity index is 660. The molecule has 2 N–H and O–H groups in total. The van der Waals surface area contributed by atoms with Crippen molar-refractivity contribution < 1.29 is 14.3 Å². The molecule has 0 aliphatic carbocycles. The minimum Gasteiger partial charge on any atom is -0.387 e. The first-order valence-corrected chi connectivity index (χ1v) is 6.83. The van der Waals surface area contributed by atoms with Crippen molar-refractivity contribution in [3.63, 3.8) is 0 Å². The molecule has 3 nitrogen and oxygen atoms in total. The maximum atomic E-state index is 12.9. The molecule has 0 saturated carbocycles. The smallest absolute Gasteiger partial charge is 0.252 e. The molecule has 0 fully saturated rings. The zero-order valence-corrected chi connectivity index (χ0v) is 12.2. The summed E-state index contributed by atoms with van der Waals surface area (Å²) in [6, 6.07) is 10.9. The van der Waals surface area contributed by atoms with E-state index in [1.54, 1.807) is 6.07 Å². The van der Waals surface area contributed by atoms with Crippen LogP contribution >= 0.6 is 11.6 Å². The first-order valence-electron chi connectivity index (χ1n) is 6.46. The third-order valence-corrected chi connectivity index (χ3v) is 3.49. The molecular weight excluding hydrogens is 293 g/mol. The molecule has 21 heavy (non-hydrogen) atoms. The van der Waals surface area contributed by atoms with Gasteiger partial charge in [0.15, 0.2) is 0 Å². The van der Waals surface area contributed by atoms with E-state index in [0.29, 0.717) is 0 Å². The van der Waals surface area contributed by atoms with E-state index in [4.69, 9.17) is 11.6 Å². The number of aliphatic hydroxyl groups is 1. The lowest BCUT2D eigenvalue weighted by Crippen LogP contribution is -2.28. The molecule has 110 valence electrons. The summed E-state index contributed by atoms with van der Waals surface area (Å²) in [4.78, 5) is 12.0. The van der Waals surface area contributed by atoms with Crippen molar-refractivity contribution in [2.45, 2.75) is 13.0 Å². The van der Waals surface area contributed by atoms with Gasteiger partial charge in [-0.15, -0.1) is 0 Å². The van der Waals surface area contributed by atoms with E-state index in [-0.39, 0.29) is 17.1 Å². The number of hydrogen-bond acceptors (Lipinski definition) is 2. The van der Waals surface area contributed by atoms with Gasteiger partial charge < -0.3 is 10.4 Å². The molecule has 1 atom stereocenters. The van der Waals surface area contributed by atoms with Crippen LogP contribution in [-0.4, -0.2) is 17.6 Å². The first kappa shape index (κ1) is 15.5. The van der Waals surface area contributed by atoms with Crippen molar-refractivity contribution in [2.75, 3.05) is 6.54 Å². The van der Waals surface area contributed by atoms with E-state index in [0.717, 1.165) is 17.2 Å². The molecule has 0 aromatic heterocycles. The van der Waals surface area contributed by atoms with Crippen molar-refractivity contribution in [1.82, 2.24) is 5.32 Å². The van der Waals surface area contributed by atoms with E-state index in [2.05, 4.69) is 5.32 Å². The van der Waals surface area contributed by atoms with Crippen LogP contribution in [0.3, 0.4) is 0 Å². The molecule has 5 heteroatoms. The average Bonchev–Trinajstić information content (AvgIpc) is 2.45. The number of amides is 1. The van der Waals surface area contributed by atoms with Crippen LogP contribution in [-0.2, 0) is 0 Å². The zero-order chi connectivity index (χ0) is 15.4. The van der Waals surface area contributed by atoms with Crippen LogP contribution in [0.25, 0.3) is 0 Å². The Balaban J connectivity index is 2.02. The van der Waals surface area contributed by atoms with Crippen molar-refractivity contribution in [3.8, 4) is 0 Å². The predicted octanol–water partition coefficient (Wildman–Crippen LogP) is 3.25. The molecule has 2 aromatic carbocycles. The van der Waals surface area contributed by atoms with Gasteiger partial charge in [-0.2, -0.15) is 0 Å². The highest BCUT2D eigenvalue weighted by atomic mass is 35.5. The lowest BCUT2D eigenvalue weighted by molar-refractivity contribution is 0.0916. The van der Waals surface area contributed by atoms with E-state index in [1.165, 1.54) is 12.1 Å². The van der Waals surface area contributed by atoms with Gasteiger partial charge in [0.25, 0.3) is 5.91 Å². The number of nitrogens with one attached hydrogen (secondary N) is 1. The summed E-state index contributed by atoms with van der Waals surface area (Å²) < 4.78 is 12.9. The van der Waals surface area contributed by atoms with Gasteiger partial charge in [0, 0.05) is 6.54 Å². The number of halogens is 2. The maximum Gasteiger partial charge on any atom is 0.252 e. The molecule has 0 heterocycles. The Morgan fingerprint density at radius 3 is 2.71 bits per heavy atom. The topological polar surface area (TPSA) is 49.3 Å². The number of rotatable bonds is 4. The summed E-state index contributed by atoms with van der Waals surface area (Å²) in [6.45, 7) is 1.94. The molecule has 0 aliphatic rings. The highest BCUT2D eigenvalue weighted by Crippen LogP contribution is 2.19. The average molecular weight is 308 g/mol. The predicted molar refractivity (Wildman–Crippen MR) is 79.9 cm³/mol. The van der Waals surface area contributed by atoms with Gasteiger partial charge in [0.05, 0.1) is 16.7 Å². The highest BCUT2D eigenvalue weighted by molar-refractivity contribution is 6.33.